The highest BCUT2D eigenvalue weighted by Crippen LogP contribution is 2.30. The fourth-order valence-corrected chi connectivity index (χ4v) is 3.18. The molecule has 1 amide bonds. The van der Waals surface area contributed by atoms with Crippen LogP contribution in [0.3, 0.4) is 0 Å². The van der Waals surface area contributed by atoms with Gasteiger partial charge in [-0.3, -0.25) is 4.79 Å². The van der Waals surface area contributed by atoms with E-state index in [1.54, 1.807) is 0 Å². The Morgan fingerprint density at radius 3 is 2.71 bits per heavy atom. The summed E-state index contributed by atoms with van der Waals surface area (Å²) in [5.41, 5.74) is 0. The largest absolute Gasteiger partial charge is 0.354 e. The summed E-state index contributed by atoms with van der Waals surface area (Å²) in [5, 5.41) is 6.51. The van der Waals surface area contributed by atoms with Crippen molar-refractivity contribution in [1.82, 2.24) is 10.6 Å². The van der Waals surface area contributed by atoms with Crippen molar-refractivity contribution in [3.05, 3.63) is 0 Å². The van der Waals surface area contributed by atoms with Crippen molar-refractivity contribution >= 4 is 5.91 Å². The highest BCUT2D eigenvalue weighted by Gasteiger charge is 2.22. The second-order valence-corrected chi connectivity index (χ2v) is 5.83. The van der Waals surface area contributed by atoms with E-state index in [4.69, 9.17) is 0 Å². The molecule has 1 aliphatic carbocycles. The summed E-state index contributed by atoms with van der Waals surface area (Å²) in [6.45, 7) is 4.00. The Bertz CT molecular complexity index is 243. The zero-order chi connectivity index (χ0) is 12.1. The second kappa shape index (κ2) is 6.39. The van der Waals surface area contributed by atoms with Crippen molar-refractivity contribution in [3.63, 3.8) is 0 Å². The van der Waals surface area contributed by atoms with Crippen LogP contribution in [0.2, 0.25) is 0 Å². The van der Waals surface area contributed by atoms with E-state index < -0.39 is 0 Å². The summed E-state index contributed by atoms with van der Waals surface area (Å²) in [6.07, 6.45) is 8.94. The maximum atomic E-state index is 11.9. The molecule has 0 spiro atoms. The molecule has 3 nitrogen and oxygen atoms in total. The minimum Gasteiger partial charge on any atom is -0.354 e. The van der Waals surface area contributed by atoms with Crippen molar-refractivity contribution in [3.8, 4) is 0 Å². The summed E-state index contributed by atoms with van der Waals surface area (Å²) in [4.78, 5) is 11.9. The molecule has 2 aliphatic rings. The van der Waals surface area contributed by atoms with Crippen LogP contribution in [0.1, 0.15) is 51.9 Å². The van der Waals surface area contributed by atoms with E-state index in [-0.39, 0.29) is 11.8 Å². The fraction of sp³-hybridized carbons (Fsp3) is 0.929. The number of carbonyl (C=O) groups is 1. The molecule has 2 unspecified atom stereocenters. The molecule has 0 aromatic rings. The van der Waals surface area contributed by atoms with Gasteiger partial charge in [0, 0.05) is 18.5 Å². The van der Waals surface area contributed by atoms with Crippen LogP contribution >= 0.6 is 0 Å². The first-order valence-corrected chi connectivity index (χ1v) is 7.27. The van der Waals surface area contributed by atoms with E-state index in [2.05, 4.69) is 17.6 Å². The second-order valence-electron chi connectivity index (χ2n) is 5.83. The predicted molar refractivity (Wildman–Crippen MR) is 69.8 cm³/mol. The zero-order valence-corrected chi connectivity index (χ0v) is 11.0. The highest BCUT2D eigenvalue weighted by atomic mass is 16.1. The molecular formula is C14H26N2O. The lowest BCUT2D eigenvalue weighted by molar-refractivity contribution is -0.125. The normalized spacial score (nSPS) is 27.2. The third-order valence-corrected chi connectivity index (χ3v) is 4.29. The Morgan fingerprint density at radius 1 is 1.29 bits per heavy atom. The Balaban J connectivity index is 1.63. The van der Waals surface area contributed by atoms with E-state index in [9.17, 15) is 4.79 Å². The van der Waals surface area contributed by atoms with Crippen LogP contribution in [0.5, 0.6) is 0 Å². The third kappa shape index (κ3) is 3.98. The van der Waals surface area contributed by atoms with Crippen LogP contribution in [-0.4, -0.2) is 25.0 Å². The molecule has 1 saturated heterocycles. The molecule has 1 saturated carbocycles. The molecule has 2 N–H and O–H groups in total. The summed E-state index contributed by atoms with van der Waals surface area (Å²) < 4.78 is 0. The highest BCUT2D eigenvalue weighted by molar-refractivity contribution is 5.78. The number of rotatable bonds is 5. The van der Waals surface area contributed by atoms with E-state index in [0.717, 1.165) is 25.4 Å². The molecule has 2 fully saturated rings. The van der Waals surface area contributed by atoms with Crippen LogP contribution in [-0.2, 0) is 4.79 Å². The topological polar surface area (TPSA) is 41.1 Å². The Kier molecular flexibility index (Phi) is 4.84. The average Bonchev–Trinajstić information content (AvgIpc) is 2.98. The van der Waals surface area contributed by atoms with Crippen LogP contribution in [0.4, 0.5) is 0 Å². The molecule has 1 heterocycles. The minimum absolute atomic E-state index is 0.194. The lowest BCUT2D eigenvalue weighted by Gasteiger charge is -2.18. The molecule has 0 aromatic carbocycles. The van der Waals surface area contributed by atoms with Gasteiger partial charge < -0.3 is 10.6 Å². The molecule has 2 atom stereocenters. The first-order chi connectivity index (χ1) is 8.25. The van der Waals surface area contributed by atoms with Crippen molar-refractivity contribution in [1.29, 1.82) is 0 Å². The average molecular weight is 238 g/mol. The van der Waals surface area contributed by atoms with Crippen LogP contribution in [0.15, 0.2) is 0 Å². The van der Waals surface area contributed by atoms with Crippen LogP contribution in [0, 0.1) is 11.8 Å². The number of amides is 1. The number of carbonyl (C=O) groups excluding carboxylic acids is 1. The molecular weight excluding hydrogens is 212 g/mol. The van der Waals surface area contributed by atoms with Gasteiger partial charge in [-0.05, 0) is 31.7 Å². The third-order valence-electron chi connectivity index (χ3n) is 4.29. The van der Waals surface area contributed by atoms with Gasteiger partial charge in [0.25, 0.3) is 0 Å². The smallest absolute Gasteiger partial charge is 0.222 e. The summed E-state index contributed by atoms with van der Waals surface area (Å²) >= 11 is 0. The molecule has 1 aliphatic heterocycles. The molecule has 0 aromatic heterocycles. The van der Waals surface area contributed by atoms with Crippen LogP contribution < -0.4 is 10.6 Å². The van der Waals surface area contributed by atoms with Gasteiger partial charge in [0.1, 0.15) is 0 Å². The first-order valence-electron chi connectivity index (χ1n) is 7.27. The van der Waals surface area contributed by atoms with Gasteiger partial charge in [0.05, 0.1) is 0 Å². The molecule has 3 heteroatoms. The summed E-state index contributed by atoms with van der Waals surface area (Å²) in [7, 11) is 0. The monoisotopic (exact) mass is 238 g/mol. The van der Waals surface area contributed by atoms with E-state index >= 15 is 0 Å². The lowest BCUT2D eigenvalue weighted by atomic mass is 9.94. The van der Waals surface area contributed by atoms with Gasteiger partial charge >= 0.3 is 0 Å². The fourth-order valence-electron chi connectivity index (χ4n) is 3.18. The van der Waals surface area contributed by atoms with Crippen LogP contribution in [0.25, 0.3) is 0 Å². The number of hydrogen-bond donors (Lipinski definition) is 2. The Morgan fingerprint density at radius 2 is 2.06 bits per heavy atom. The first kappa shape index (κ1) is 12.9. The van der Waals surface area contributed by atoms with Gasteiger partial charge in [-0.1, -0.05) is 32.6 Å². The lowest BCUT2D eigenvalue weighted by Crippen LogP contribution is -2.39. The Labute approximate surface area is 105 Å². The van der Waals surface area contributed by atoms with Crippen molar-refractivity contribution in [2.24, 2.45) is 11.8 Å². The summed E-state index contributed by atoms with van der Waals surface area (Å²) in [6, 6.07) is 0.512. The maximum absolute atomic E-state index is 11.9. The Hall–Kier alpha value is -0.570. The van der Waals surface area contributed by atoms with Gasteiger partial charge in [-0.25, -0.2) is 0 Å². The maximum Gasteiger partial charge on any atom is 0.222 e. The standard InChI is InChI=1S/C14H26N2O/c1-11(9-12-5-2-3-6-12)14(17)16-10-13-7-4-8-15-13/h11-13,15H,2-10H2,1H3,(H,16,17). The number of hydrogen-bond acceptors (Lipinski definition) is 2. The van der Waals surface area contributed by atoms with Crippen molar-refractivity contribution < 1.29 is 4.79 Å². The molecule has 0 bridgehead atoms. The van der Waals surface area contributed by atoms with Gasteiger partial charge in [0.15, 0.2) is 0 Å². The summed E-state index contributed by atoms with van der Waals surface area (Å²) in [5.74, 6) is 1.26. The molecule has 17 heavy (non-hydrogen) atoms. The van der Waals surface area contributed by atoms with Gasteiger partial charge in [0.2, 0.25) is 5.91 Å². The van der Waals surface area contributed by atoms with E-state index in [1.807, 2.05) is 0 Å². The number of nitrogens with one attached hydrogen (secondary N) is 2. The quantitative estimate of drug-likeness (QED) is 0.770. The van der Waals surface area contributed by atoms with Gasteiger partial charge in [-0.2, -0.15) is 0 Å². The molecule has 98 valence electrons. The van der Waals surface area contributed by atoms with E-state index in [0.29, 0.717) is 6.04 Å². The van der Waals surface area contributed by atoms with E-state index in [1.165, 1.54) is 38.5 Å². The predicted octanol–water partition coefficient (Wildman–Crippen LogP) is 2.07. The SMILES string of the molecule is CC(CC1CCCC1)C(=O)NCC1CCCN1. The van der Waals surface area contributed by atoms with Gasteiger partial charge in [-0.15, -0.1) is 0 Å². The molecule has 2 rings (SSSR count). The minimum atomic E-state index is 0.194. The van der Waals surface area contributed by atoms with Crippen molar-refractivity contribution in [2.45, 2.75) is 57.9 Å². The van der Waals surface area contributed by atoms with Crippen molar-refractivity contribution in [2.75, 3.05) is 13.1 Å². The molecule has 0 radical (unpaired) electrons. The zero-order valence-electron chi connectivity index (χ0n) is 11.0.